The van der Waals surface area contributed by atoms with Crippen molar-refractivity contribution in [2.75, 3.05) is 12.4 Å². The Hall–Kier alpha value is -1.93. The second-order valence-electron chi connectivity index (χ2n) is 7.81. The van der Waals surface area contributed by atoms with E-state index in [4.69, 9.17) is 4.74 Å². The lowest BCUT2D eigenvalue weighted by Gasteiger charge is -2.36. The van der Waals surface area contributed by atoms with Crippen LogP contribution in [0.4, 0.5) is 4.39 Å². The fourth-order valence-electron chi connectivity index (χ4n) is 3.66. The van der Waals surface area contributed by atoms with Crippen LogP contribution in [0.1, 0.15) is 31.7 Å². The first-order valence-corrected chi connectivity index (χ1v) is 11.6. The lowest BCUT2D eigenvalue weighted by Crippen LogP contribution is -2.23. The van der Waals surface area contributed by atoms with Crippen LogP contribution in [-0.4, -0.2) is 32.1 Å². The van der Waals surface area contributed by atoms with Gasteiger partial charge in [-0.25, -0.2) is 4.39 Å². The quantitative estimate of drug-likeness (QED) is 0.698. The standard InChI is InChI=1S/C22H26FNO4S/c1-3-29(26,27)16-7-9-21(28-13-14-4-5-14)19(11-16)20-12-24(2)22(25)17-8-6-15(23)10-18(17)20/h6-8,10-12,14,21,26-27H,3-5,9,13H2,1-2H3. The van der Waals surface area contributed by atoms with Crippen molar-refractivity contribution in [3.05, 3.63) is 63.2 Å². The number of pyridine rings is 1. The highest BCUT2D eigenvalue weighted by atomic mass is 32.3. The molecule has 1 aromatic carbocycles. The highest BCUT2D eigenvalue weighted by molar-refractivity contribution is 8.27. The van der Waals surface area contributed by atoms with E-state index in [1.54, 1.807) is 26.2 Å². The number of ether oxygens (including phenoxy) is 1. The molecule has 1 aromatic heterocycles. The Labute approximate surface area is 170 Å². The SMILES string of the molecule is CCS(O)(O)C1=CCC(OCC2CC2)C(c2cn(C)c(=O)c3ccc(F)cc23)=C1. The summed E-state index contributed by atoms with van der Waals surface area (Å²) in [5, 5.41) is 0.931. The van der Waals surface area contributed by atoms with Gasteiger partial charge in [0.05, 0.1) is 17.6 Å². The molecule has 156 valence electrons. The van der Waals surface area contributed by atoms with Crippen LogP contribution in [0.3, 0.4) is 0 Å². The van der Waals surface area contributed by atoms with Gasteiger partial charge in [0.1, 0.15) is 5.82 Å². The highest BCUT2D eigenvalue weighted by Crippen LogP contribution is 2.51. The van der Waals surface area contributed by atoms with Gasteiger partial charge in [0.25, 0.3) is 5.56 Å². The maximum atomic E-state index is 14.0. The topological polar surface area (TPSA) is 71.7 Å². The molecule has 0 aliphatic heterocycles. The fourth-order valence-corrected chi connectivity index (χ4v) is 4.68. The van der Waals surface area contributed by atoms with Crippen LogP contribution < -0.4 is 5.56 Å². The predicted octanol–water partition coefficient (Wildman–Crippen LogP) is 4.91. The van der Waals surface area contributed by atoms with E-state index < -0.39 is 16.4 Å². The average Bonchev–Trinajstić information content (AvgIpc) is 3.53. The van der Waals surface area contributed by atoms with Crippen LogP contribution in [0, 0.1) is 11.7 Å². The van der Waals surface area contributed by atoms with Gasteiger partial charge < -0.3 is 9.30 Å². The third-order valence-electron chi connectivity index (χ3n) is 5.64. The summed E-state index contributed by atoms with van der Waals surface area (Å²) in [4.78, 5) is 13.0. The number of nitrogens with zero attached hydrogens (tertiary/aromatic N) is 1. The van der Waals surface area contributed by atoms with Gasteiger partial charge in [-0.05, 0) is 67.3 Å². The van der Waals surface area contributed by atoms with Crippen molar-refractivity contribution in [3.8, 4) is 0 Å². The number of rotatable bonds is 6. The van der Waals surface area contributed by atoms with Crippen molar-refractivity contribution in [3.63, 3.8) is 0 Å². The van der Waals surface area contributed by atoms with Crippen molar-refractivity contribution in [1.82, 2.24) is 4.57 Å². The summed E-state index contributed by atoms with van der Waals surface area (Å²) in [5.74, 6) is 0.373. The second-order valence-corrected chi connectivity index (χ2v) is 10.2. The van der Waals surface area contributed by atoms with Gasteiger partial charge >= 0.3 is 0 Å². The maximum Gasteiger partial charge on any atom is 0.258 e. The van der Waals surface area contributed by atoms with E-state index in [1.807, 2.05) is 6.08 Å². The number of hydrogen-bond donors (Lipinski definition) is 2. The maximum absolute atomic E-state index is 14.0. The molecule has 2 aliphatic rings. The van der Waals surface area contributed by atoms with Gasteiger partial charge in [-0.15, -0.1) is 0 Å². The number of allylic oxidation sites excluding steroid dienone is 1. The van der Waals surface area contributed by atoms with Gasteiger partial charge in [-0.3, -0.25) is 13.9 Å². The van der Waals surface area contributed by atoms with Crippen LogP contribution in [0.25, 0.3) is 16.3 Å². The van der Waals surface area contributed by atoms with Crippen LogP contribution in [-0.2, 0) is 11.8 Å². The Bertz CT molecular complexity index is 1070. The first kappa shape index (κ1) is 20.3. The highest BCUT2D eigenvalue weighted by Gasteiger charge is 2.29. The molecule has 0 spiro atoms. The van der Waals surface area contributed by atoms with E-state index in [9.17, 15) is 18.3 Å². The summed E-state index contributed by atoms with van der Waals surface area (Å²) in [7, 11) is -1.24. The number of aryl methyl sites for hydroxylation is 1. The van der Waals surface area contributed by atoms with Gasteiger partial charge in [0.2, 0.25) is 0 Å². The molecule has 1 heterocycles. The minimum Gasteiger partial charge on any atom is -0.373 e. The van der Waals surface area contributed by atoms with Crippen LogP contribution in [0.15, 0.2) is 46.2 Å². The van der Waals surface area contributed by atoms with E-state index >= 15 is 0 Å². The van der Waals surface area contributed by atoms with Crippen molar-refractivity contribution < 1.29 is 18.2 Å². The molecule has 29 heavy (non-hydrogen) atoms. The molecular weight excluding hydrogens is 393 g/mol. The molecule has 0 radical (unpaired) electrons. The van der Waals surface area contributed by atoms with Crippen LogP contribution >= 0.6 is 10.6 Å². The molecule has 1 atom stereocenters. The molecule has 0 bridgehead atoms. The second kappa shape index (κ2) is 7.72. The monoisotopic (exact) mass is 419 g/mol. The molecule has 2 aliphatic carbocycles. The van der Waals surface area contributed by atoms with Crippen molar-refractivity contribution in [1.29, 1.82) is 0 Å². The Balaban J connectivity index is 1.87. The van der Waals surface area contributed by atoms with Crippen LogP contribution in [0.5, 0.6) is 0 Å². The summed E-state index contributed by atoms with van der Waals surface area (Å²) in [6, 6.07) is 4.14. The van der Waals surface area contributed by atoms with Crippen molar-refractivity contribution >= 4 is 26.9 Å². The molecule has 1 fully saturated rings. The molecule has 2 aromatic rings. The molecule has 5 nitrogen and oxygen atoms in total. The predicted molar refractivity (Wildman–Crippen MR) is 116 cm³/mol. The number of aromatic nitrogens is 1. The molecule has 0 amide bonds. The summed E-state index contributed by atoms with van der Waals surface area (Å²) in [5.41, 5.74) is 1.23. The minimum atomic E-state index is -2.90. The number of fused-ring (bicyclic) bond motifs is 1. The van der Waals surface area contributed by atoms with Crippen molar-refractivity contribution in [2.24, 2.45) is 13.0 Å². The number of benzene rings is 1. The average molecular weight is 420 g/mol. The first-order chi connectivity index (χ1) is 13.8. The largest absolute Gasteiger partial charge is 0.373 e. The zero-order valence-corrected chi connectivity index (χ0v) is 17.4. The molecule has 4 rings (SSSR count). The molecule has 1 saturated carbocycles. The van der Waals surface area contributed by atoms with Gasteiger partial charge in [-0.1, -0.05) is 6.08 Å². The van der Waals surface area contributed by atoms with E-state index in [0.717, 1.165) is 18.4 Å². The molecule has 0 saturated heterocycles. The summed E-state index contributed by atoms with van der Waals surface area (Å²) in [6.07, 6.45) is 7.81. The molecule has 1 unspecified atom stereocenters. The Kier molecular flexibility index (Phi) is 5.42. The van der Waals surface area contributed by atoms with Gasteiger partial charge in [0, 0.05) is 29.9 Å². The number of hydrogen-bond acceptors (Lipinski definition) is 4. The Morgan fingerprint density at radius 1 is 1.28 bits per heavy atom. The lowest BCUT2D eigenvalue weighted by atomic mass is 9.92. The normalized spacial score (nSPS) is 20.5. The Morgan fingerprint density at radius 2 is 2.03 bits per heavy atom. The smallest absolute Gasteiger partial charge is 0.258 e. The molecular formula is C22H26FNO4S. The number of halogens is 1. The first-order valence-electron chi connectivity index (χ1n) is 9.88. The van der Waals surface area contributed by atoms with E-state index in [1.165, 1.54) is 22.8 Å². The molecule has 7 heteroatoms. The Morgan fingerprint density at radius 3 is 2.72 bits per heavy atom. The van der Waals surface area contributed by atoms with Crippen LogP contribution in [0.2, 0.25) is 0 Å². The summed E-state index contributed by atoms with van der Waals surface area (Å²) in [6.45, 7) is 2.38. The zero-order valence-electron chi connectivity index (χ0n) is 16.6. The third-order valence-corrected chi connectivity index (χ3v) is 7.49. The van der Waals surface area contributed by atoms with Crippen molar-refractivity contribution in [2.45, 2.75) is 32.3 Å². The van der Waals surface area contributed by atoms with E-state index in [-0.39, 0.29) is 17.4 Å². The summed E-state index contributed by atoms with van der Waals surface area (Å²) < 4.78 is 42.6. The lowest BCUT2D eigenvalue weighted by molar-refractivity contribution is 0.0844. The molecule has 2 N–H and O–H groups in total. The van der Waals surface area contributed by atoms with E-state index in [2.05, 4.69) is 0 Å². The minimum absolute atomic E-state index is 0.204. The van der Waals surface area contributed by atoms with E-state index in [0.29, 0.717) is 40.2 Å². The zero-order chi connectivity index (χ0) is 20.8. The van der Waals surface area contributed by atoms with Gasteiger partial charge in [0.15, 0.2) is 0 Å². The summed E-state index contributed by atoms with van der Waals surface area (Å²) >= 11 is 0. The third kappa shape index (κ3) is 4.05. The fraction of sp³-hybridized carbons (Fsp3) is 0.409. The van der Waals surface area contributed by atoms with Gasteiger partial charge in [-0.2, -0.15) is 10.6 Å².